The Morgan fingerprint density at radius 2 is 2.03 bits per heavy atom. The molecular weight excluding hydrogens is 370 g/mol. The molecule has 0 saturated heterocycles. The Balaban J connectivity index is 1.76. The fourth-order valence-corrected chi connectivity index (χ4v) is 3.52. The van der Waals surface area contributed by atoms with E-state index < -0.39 is 24.5 Å². The summed E-state index contributed by atoms with van der Waals surface area (Å²) < 4.78 is 5.27. The predicted octanol–water partition coefficient (Wildman–Crippen LogP) is 3.14. The van der Waals surface area contributed by atoms with Crippen LogP contribution in [0.5, 0.6) is 0 Å². The first-order chi connectivity index (χ1) is 13.9. The van der Waals surface area contributed by atoms with E-state index >= 15 is 0 Å². The number of imide groups is 1. The van der Waals surface area contributed by atoms with E-state index in [0.717, 1.165) is 47.8 Å². The van der Waals surface area contributed by atoms with E-state index in [4.69, 9.17) is 9.72 Å². The number of carbonyl (C=O) groups is 3. The molecule has 0 radical (unpaired) electrons. The summed E-state index contributed by atoms with van der Waals surface area (Å²) in [6.45, 7) is 5.39. The normalized spacial score (nSPS) is 16.6. The van der Waals surface area contributed by atoms with Crippen LogP contribution in [-0.4, -0.2) is 35.5 Å². The lowest BCUT2D eigenvalue weighted by atomic mass is 9.84. The van der Waals surface area contributed by atoms with Crippen LogP contribution in [0.4, 0.5) is 4.79 Å². The topological polar surface area (TPSA) is 97.4 Å². The van der Waals surface area contributed by atoms with Crippen LogP contribution in [0.15, 0.2) is 24.3 Å². The molecule has 0 unspecified atom stereocenters. The van der Waals surface area contributed by atoms with Crippen LogP contribution in [0.3, 0.4) is 0 Å². The third-order valence-corrected chi connectivity index (χ3v) is 5.29. The molecule has 1 aliphatic rings. The van der Waals surface area contributed by atoms with Crippen molar-refractivity contribution < 1.29 is 19.1 Å². The SMILES string of the molecule is CC[C@H](C)NC(=O)NC(=O)COC(=O)c1c2c(nc3ccccc13)CC[C@@H](C)C2. The molecule has 7 nitrogen and oxygen atoms in total. The van der Waals surface area contributed by atoms with Crippen molar-refractivity contribution in [3.05, 3.63) is 41.1 Å². The van der Waals surface area contributed by atoms with Gasteiger partial charge in [0.1, 0.15) is 0 Å². The number of ether oxygens (including phenoxy) is 1. The van der Waals surface area contributed by atoms with Gasteiger partial charge in [0.05, 0.1) is 11.1 Å². The quantitative estimate of drug-likeness (QED) is 0.756. The number of pyridine rings is 1. The number of fused-ring (bicyclic) bond motifs is 2. The van der Waals surface area contributed by atoms with Crippen molar-refractivity contribution in [2.75, 3.05) is 6.61 Å². The largest absolute Gasteiger partial charge is 0.452 e. The predicted molar refractivity (Wildman–Crippen MR) is 110 cm³/mol. The molecule has 2 N–H and O–H groups in total. The number of benzene rings is 1. The molecule has 7 heteroatoms. The van der Waals surface area contributed by atoms with Crippen LogP contribution >= 0.6 is 0 Å². The van der Waals surface area contributed by atoms with Crippen LogP contribution in [0.1, 0.15) is 55.2 Å². The maximum atomic E-state index is 12.9. The number of carbonyl (C=O) groups excluding carboxylic acids is 3. The van der Waals surface area contributed by atoms with E-state index in [-0.39, 0.29) is 6.04 Å². The van der Waals surface area contributed by atoms with E-state index in [1.54, 1.807) is 0 Å². The number of amides is 3. The molecule has 3 amide bonds. The van der Waals surface area contributed by atoms with Crippen molar-refractivity contribution in [2.24, 2.45) is 5.92 Å². The molecule has 0 bridgehead atoms. The Kier molecular flexibility index (Phi) is 6.46. The van der Waals surface area contributed by atoms with Crippen molar-refractivity contribution in [2.45, 2.75) is 52.5 Å². The Morgan fingerprint density at radius 1 is 1.28 bits per heavy atom. The number of rotatable bonds is 5. The lowest BCUT2D eigenvalue weighted by molar-refractivity contribution is -0.123. The van der Waals surface area contributed by atoms with Gasteiger partial charge in [0, 0.05) is 17.1 Å². The number of urea groups is 1. The molecular formula is C22H27N3O4. The van der Waals surface area contributed by atoms with Gasteiger partial charge in [-0.05, 0) is 50.2 Å². The van der Waals surface area contributed by atoms with Gasteiger partial charge < -0.3 is 10.1 Å². The highest BCUT2D eigenvalue weighted by Gasteiger charge is 2.26. The second-order valence-corrected chi connectivity index (χ2v) is 7.68. The van der Waals surface area contributed by atoms with Crippen molar-refractivity contribution >= 4 is 28.8 Å². The van der Waals surface area contributed by atoms with Gasteiger partial charge in [-0.25, -0.2) is 9.59 Å². The molecule has 1 aromatic carbocycles. The molecule has 1 aliphatic carbocycles. The highest BCUT2D eigenvalue weighted by molar-refractivity contribution is 6.06. The molecule has 0 spiro atoms. The average molecular weight is 397 g/mol. The van der Waals surface area contributed by atoms with Crippen molar-refractivity contribution in [3.8, 4) is 0 Å². The Hall–Kier alpha value is -2.96. The fraction of sp³-hybridized carbons (Fsp3) is 0.455. The summed E-state index contributed by atoms with van der Waals surface area (Å²) in [7, 11) is 0. The third kappa shape index (κ3) is 4.91. The monoisotopic (exact) mass is 397 g/mol. The summed E-state index contributed by atoms with van der Waals surface area (Å²) in [6, 6.07) is 6.80. The van der Waals surface area contributed by atoms with E-state index in [1.165, 1.54) is 0 Å². The molecule has 0 saturated carbocycles. The van der Waals surface area contributed by atoms with Gasteiger partial charge in [0.2, 0.25) is 0 Å². The zero-order chi connectivity index (χ0) is 21.0. The summed E-state index contributed by atoms with van der Waals surface area (Å²) in [6.07, 6.45) is 3.34. The first kappa shape index (κ1) is 20.8. The third-order valence-electron chi connectivity index (χ3n) is 5.29. The maximum Gasteiger partial charge on any atom is 0.339 e. The smallest absolute Gasteiger partial charge is 0.339 e. The molecule has 0 aliphatic heterocycles. The number of aromatic nitrogens is 1. The zero-order valence-corrected chi connectivity index (χ0v) is 17.1. The molecule has 2 aromatic rings. The Labute approximate surface area is 170 Å². The van der Waals surface area contributed by atoms with E-state index in [9.17, 15) is 14.4 Å². The van der Waals surface area contributed by atoms with Gasteiger partial charge in [-0.2, -0.15) is 0 Å². The molecule has 3 rings (SSSR count). The number of para-hydroxylation sites is 1. The minimum atomic E-state index is -0.667. The summed E-state index contributed by atoms with van der Waals surface area (Å²) in [5.41, 5.74) is 3.05. The van der Waals surface area contributed by atoms with Gasteiger partial charge in [-0.3, -0.25) is 15.1 Å². The summed E-state index contributed by atoms with van der Waals surface area (Å²) in [4.78, 5) is 41.4. The maximum absolute atomic E-state index is 12.9. The number of hydrogen-bond donors (Lipinski definition) is 2. The van der Waals surface area contributed by atoms with Crippen LogP contribution in [0.25, 0.3) is 10.9 Å². The van der Waals surface area contributed by atoms with Crippen molar-refractivity contribution in [1.82, 2.24) is 15.6 Å². The highest BCUT2D eigenvalue weighted by atomic mass is 16.5. The van der Waals surface area contributed by atoms with Gasteiger partial charge >= 0.3 is 12.0 Å². The Bertz CT molecular complexity index is 941. The van der Waals surface area contributed by atoms with Crippen molar-refractivity contribution in [1.29, 1.82) is 0 Å². The Morgan fingerprint density at radius 3 is 2.79 bits per heavy atom. The van der Waals surface area contributed by atoms with Crippen LogP contribution in [0.2, 0.25) is 0 Å². The second kappa shape index (κ2) is 9.03. The lowest BCUT2D eigenvalue weighted by Gasteiger charge is -2.24. The zero-order valence-electron chi connectivity index (χ0n) is 17.1. The van der Waals surface area contributed by atoms with Crippen LogP contribution < -0.4 is 10.6 Å². The standard InChI is InChI=1S/C22H27N3O4/c1-4-14(3)23-22(28)25-19(26)12-29-21(27)20-15-7-5-6-8-17(15)24-18-10-9-13(2)11-16(18)20/h5-8,13-14H,4,9-12H2,1-3H3,(H2,23,25,26,28)/t13-,14+/m1/s1. The average Bonchev–Trinajstić information content (AvgIpc) is 2.70. The van der Waals surface area contributed by atoms with Crippen molar-refractivity contribution in [3.63, 3.8) is 0 Å². The van der Waals surface area contributed by atoms with Crippen LogP contribution in [-0.2, 0) is 22.4 Å². The number of nitrogens with zero attached hydrogens (tertiary/aromatic N) is 1. The number of aryl methyl sites for hydroxylation is 1. The number of esters is 1. The summed E-state index contributed by atoms with van der Waals surface area (Å²) >= 11 is 0. The van der Waals surface area contributed by atoms with E-state index in [2.05, 4.69) is 17.6 Å². The second-order valence-electron chi connectivity index (χ2n) is 7.68. The molecule has 1 aromatic heterocycles. The van der Waals surface area contributed by atoms with Gasteiger partial charge in [-0.1, -0.05) is 32.0 Å². The molecule has 1 heterocycles. The molecule has 2 atom stereocenters. The summed E-state index contributed by atoms with van der Waals surface area (Å²) in [5.74, 6) is -0.782. The van der Waals surface area contributed by atoms with Gasteiger partial charge in [0.25, 0.3) is 5.91 Å². The number of hydrogen-bond acceptors (Lipinski definition) is 5. The minimum absolute atomic E-state index is 0.0537. The molecule has 0 fully saturated rings. The summed E-state index contributed by atoms with van der Waals surface area (Å²) in [5, 5.41) is 5.53. The van der Waals surface area contributed by atoms with Gasteiger partial charge in [0.15, 0.2) is 6.61 Å². The first-order valence-corrected chi connectivity index (χ1v) is 10.1. The minimum Gasteiger partial charge on any atom is -0.452 e. The highest BCUT2D eigenvalue weighted by Crippen LogP contribution is 2.31. The van der Waals surface area contributed by atoms with Crippen LogP contribution in [0, 0.1) is 5.92 Å². The lowest BCUT2D eigenvalue weighted by Crippen LogP contribution is -2.44. The fourth-order valence-electron chi connectivity index (χ4n) is 3.52. The molecule has 154 valence electrons. The molecule has 29 heavy (non-hydrogen) atoms. The first-order valence-electron chi connectivity index (χ1n) is 10.1. The van der Waals surface area contributed by atoms with E-state index in [1.807, 2.05) is 38.1 Å². The number of nitrogens with one attached hydrogen (secondary N) is 2. The van der Waals surface area contributed by atoms with Gasteiger partial charge in [-0.15, -0.1) is 0 Å². The van der Waals surface area contributed by atoms with E-state index in [0.29, 0.717) is 11.5 Å².